The smallest absolute Gasteiger partial charge is 0.326 e. The summed E-state index contributed by atoms with van der Waals surface area (Å²) in [5.74, 6) is -1.66. The van der Waals surface area contributed by atoms with Gasteiger partial charge in [0.2, 0.25) is 5.91 Å². The van der Waals surface area contributed by atoms with E-state index in [4.69, 9.17) is 11.6 Å². The summed E-state index contributed by atoms with van der Waals surface area (Å²) in [4.78, 5) is 23.0. The number of aliphatic carboxylic acids is 1. The van der Waals surface area contributed by atoms with Gasteiger partial charge in [-0.2, -0.15) is 0 Å². The largest absolute Gasteiger partial charge is 0.480 e. The molecule has 3 N–H and O–H groups in total. The van der Waals surface area contributed by atoms with Gasteiger partial charge in [-0.1, -0.05) is 37.6 Å². The third kappa shape index (κ3) is 6.14. The second kappa shape index (κ2) is 8.00. The molecule has 1 aromatic rings. The molecule has 6 heteroatoms. The first kappa shape index (κ1) is 17.5. The Labute approximate surface area is 128 Å². The van der Waals surface area contributed by atoms with Crippen molar-refractivity contribution in [3.8, 4) is 0 Å². The number of hydrogen-bond donors (Lipinski definition) is 3. The minimum atomic E-state index is -1.20. The Hall–Kier alpha value is -1.59. The van der Waals surface area contributed by atoms with Crippen LogP contribution in [0.5, 0.6) is 0 Å². The van der Waals surface area contributed by atoms with Gasteiger partial charge >= 0.3 is 5.97 Å². The number of rotatable bonds is 7. The second-order valence-electron chi connectivity index (χ2n) is 5.38. The summed E-state index contributed by atoms with van der Waals surface area (Å²) in [5.41, 5.74) is 0.741. The highest BCUT2D eigenvalue weighted by atomic mass is 35.5. The topological polar surface area (TPSA) is 86.6 Å². The summed E-state index contributed by atoms with van der Waals surface area (Å²) in [6, 6.07) is 5.64. The molecule has 0 spiro atoms. The summed E-state index contributed by atoms with van der Waals surface area (Å²) in [6.07, 6.45) is -0.775. The van der Waals surface area contributed by atoms with E-state index in [-0.39, 0.29) is 12.3 Å². The number of carboxylic acid groups (broad SMARTS) is 1. The molecule has 0 fully saturated rings. The van der Waals surface area contributed by atoms with Crippen LogP contribution >= 0.6 is 11.6 Å². The van der Waals surface area contributed by atoms with E-state index in [0.717, 1.165) is 5.56 Å². The molecule has 2 atom stereocenters. The van der Waals surface area contributed by atoms with E-state index in [0.29, 0.717) is 11.4 Å². The highest BCUT2D eigenvalue weighted by Crippen LogP contribution is 2.12. The van der Waals surface area contributed by atoms with Crippen molar-refractivity contribution in [3.05, 3.63) is 34.9 Å². The van der Waals surface area contributed by atoms with Gasteiger partial charge < -0.3 is 15.5 Å². The highest BCUT2D eigenvalue weighted by Gasteiger charge is 2.24. The van der Waals surface area contributed by atoms with Crippen LogP contribution in [0.25, 0.3) is 0 Å². The van der Waals surface area contributed by atoms with Crippen LogP contribution in [0, 0.1) is 5.92 Å². The van der Waals surface area contributed by atoms with E-state index >= 15 is 0 Å². The molecule has 116 valence electrons. The van der Waals surface area contributed by atoms with Crippen molar-refractivity contribution in [1.29, 1.82) is 0 Å². The molecular formula is C15H20ClNO4. The quantitative estimate of drug-likeness (QED) is 0.717. The lowest BCUT2D eigenvalue weighted by atomic mass is 10.0. The standard InChI is InChI=1S/C15H20ClNO4/c1-9(2)7-13(18)14(19)17-12(15(20)21)8-10-3-5-11(16)6-4-10/h3-6,9,12-13,18H,7-8H2,1-2H3,(H,17,19)(H,20,21)/t12-,13+/m1/s1. The van der Waals surface area contributed by atoms with E-state index in [9.17, 15) is 19.8 Å². The third-order valence-corrected chi connectivity index (χ3v) is 3.22. The van der Waals surface area contributed by atoms with Crippen LogP contribution in [0.15, 0.2) is 24.3 Å². The van der Waals surface area contributed by atoms with Gasteiger partial charge in [-0.3, -0.25) is 4.79 Å². The molecular weight excluding hydrogens is 294 g/mol. The van der Waals surface area contributed by atoms with Crippen molar-refractivity contribution < 1.29 is 19.8 Å². The molecule has 0 saturated carbocycles. The molecule has 0 saturated heterocycles. The number of benzene rings is 1. The molecule has 1 amide bonds. The van der Waals surface area contributed by atoms with Gasteiger partial charge in [0.15, 0.2) is 0 Å². The van der Waals surface area contributed by atoms with Gasteiger partial charge in [0.25, 0.3) is 0 Å². The summed E-state index contributed by atoms with van der Waals surface area (Å²) in [5, 5.41) is 21.8. The van der Waals surface area contributed by atoms with Gasteiger partial charge in [-0.25, -0.2) is 4.79 Å². The average Bonchev–Trinajstić information content (AvgIpc) is 2.39. The first-order valence-electron chi connectivity index (χ1n) is 6.75. The van der Waals surface area contributed by atoms with Crippen molar-refractivity contribution in [3.63, 3.8) is 0 Å². The summed E-state index contributed by atoms with van der Waals surface area (Å²) < 4.78 is 0. The molecule has 0 heterocycles. The van der Waals surface area contributed by atoms with Crippen LogP contribution in [0.2, 0.25) is 5.02 Å². The van der Waals surface area contributed by atoms with Crippen LogP contribution in [0.4, 0.5) is 0 Å². The average molecular weight is 314 g/mol. The zero-order chi connectivity index (χ0) is 16.0. The maximum absolute atomic E-state index is 11.8. The van der Waals surface area contributed by atoms with Crippen LogP contribution in [-0.2, 0) is 16.0 Å². The molecule has 0 radical (unpaired) electrons. The number of aliphatic hydroxyl groups excluding tert-OH is 1. The molecule has 0 aromatic heterocycles. The molecule has 0 bridgehead atoms. The van der Waals surface area contributed by atoms with Gasteiger partial charge in [-0.15, -0.1) is 0 Å². The first-order chi connectivity index (χ1) is 9.79. The summed E-state index contributed by atoms with van der Waals surface area (Å²) >= 11 is 5.77. The minimum absolute atomic E-state index is 0.132. The van der Waals surface area contributed by atoms with Crippen molar-refractivity contribution >= 4 is 23.5 Å². The lowest BCUT2D eigenvalue weighted by Crippen LogP contribution is -2.46. The molecule has 21 heavy (non-hydrogen) atoms. The van der Waals surface area contributed by atoms with Crippen LogP contribution < -0.4 is 5.32 Å². The van der Waals surface area contributed by atoms with Gasteiger partial charge in [-0.05, 0) is 30.0 Å². The van der Waals surface area contributed by atoms with Crippen molar-refractivity contribution in [2.75, 3.05) is 0 Å². The Morgan fingerprint density at radius 3 is 2.29 bits per heavy atom. The van der Waals surface area contributed by atoms with Gasteiger partial charge in [0.1, 0.15) is 12.1 Å². The summed E-state index contributed by atoms with van der Waals surface area (Å²) in [6.45, 7) is 3.75. The monoisotopic (exact) mass is 313 g/mol. The minimum Gasteiger partial charge on any atom is -0.480 e. The van der Waals surface area contributed by atoms with Crippen LogP contribution in [0.3, 0.4) is 0 Å². The Morgan fingerprint density at radius 2 is 1.81 bits per heavy atom. The fourth-order valence-electron chi connectivity index (χ4n) is 1.88. The molecule has 0 aliphatic rings. The van der Waals surface area contributed by atoms with Crippen LogP contribution in [0.1, 0.15) is 25.8 Å². The number of amides is 1. The third-order valence-electron chi connectivity index (χ3n) is 2.96. The zero-order valence-corrected chi connectivity index (χ0v) is 12.8. The predicted octanol–water partition coefficient (Wildman–Crippen LogP) is 1.86. The number of carboxylic acids is 1. The number of carbonyl (C=O) groups excluding carboxylic acids is 1. The Kier molecular flexibility index (Phi) is 6.65. The Morgan fingerprint density at radius 1 is 1.24 bits per heavy atom. The number of halogens is 1. The molecule has 5 nitrogen and oxygen atoms in total. The lowest BCUT2D eigenvalue weighted by molar-refractivity contribution is -0.143. The maximum Gasteiger partial charge on any atom is 0.326 e. The van der Waals surface area contributed by atoms with E-state index in [2.05, 4.69) is 5.32 Å². The molecule has 1 aromatic carbocycles. The second-order valence-corrected chi connectivity index (χ2v) is 5.81. The predicted molar refractivity (Wildman–Crippen MR) is 80.2 cm³/mol. The van der Waals surface area contributed by atoms with Gasteiger partial charge in [0, 0.05) is 11.4 Å². The van der Waals surface area contributed by atoms with Crippen molar-refractivity contribution in [2.45, 2.75) is 38.8 Å². The van der Waals surface area contributed by atoms with Crippen molar-refractivity contribution in [1.82, 2.24) is 5.32 Å². The normalized spacial score (nSPS) is 13.8. The number of hydrogen-bond acceptors (Lipinski definition) is 3. The molecule has 0 aliphatic carbocycles. The number of carbonyl (C=O) groups is 2. The van der Waals surface area contributed by atoms with E-state index in [1.807, 2.05) is 13.8 Å². The highest BCUT2D eigenvalue weighted by molar-refractivity contribution is 6.30. The summed E-state index contributed by atoms with van der Waals surface area (Å²) in [7, 11) is 0. The lowest BCUT2D eigenvalue weighted by Gasteiger charge is -2.18. The number of nitrogens with one attached hydrogen (secondary N) is 1. The molecule has 0 aliphatic heterocycles. The Bertz CT molecular complexity index is 487. The van der Waals surface area contributed by atoms with E-state index < -0.39 is 24.0 Å². The van der Waals surface area contributed by atoms with Crippen LogP contribution in [-0.4, -0.2) is 34.2 Å². The number of aliphatic hydroxyl groups is 1. The Balaban J connectivity index is 2.67. The fourth-order valence-corrected chi connectivity index (χ4v) is 2.00. The van der Waals surface area contributed by atoms with Gasteiger partial charge in [0.05, 0.1) is 0 Å². The zero-order valence-electron chi connectivity index (χ0n) is 12.0. The maximum atomic E-state index is 11.8. The first-order valence-corrected chi connectivity index (χ1v) is 7.13. The fraction of sp³-hybridized carbons (Fsp3) is 0.467. The molecule has 0 unspecified atom stereocenters. The van der Waals surface area contributed by atoms with E-state index in [1.54, 1.807) is 24.3 Å². The molecule has 1 rings (SSSR count). The van der Waals surface area contributed by atoms with Crippen molar-refractivity contribution in [2.24, 2.45) is 5.92 Å². The van der Waals surface area contributed by atoms with E-state index in [1.165, 1.54) is 0 Å². The SMILES string of the molecule is CC(C)C[C@H](O)C(=O)N[C@H](Cc1ccc(Cl)cc1)C(=O)O.